The first-order valence-corrected chi connectivity index (χ1v) is 6.10. The SMILES string of the molecule is CN(C(=O)C1CCCO1)c1ccc(C(N)=NO)cc1. The second-order valence-corrected chi connectivity index (χ2v) is 4.43. The van der Waals surface area contributed by atoms with Gasteiger partial charge in [-0.2, -0.15) is 0 Å². The number of oxime groups is 1. The van der Waals surface area contributed by atoms with Crippen molar-refractivity contribution in [1.82, 2.24) is 0 Å². The summed E-state index contributed by atoms with van der Waals surface area (Å²) in [4.78, 5) is 13.7. The number of carbonyl (C=O) groups is 1. The average Bonchev–Trinajstić information content (AvgIpc) is 2.99. The Labute approximate surface area is 111 Å². The van der Waals surface area contributed by atoms with E-state index in [0.717, 1.165) is 18.5 Å². The maximum atomic E-state index is 12.1. The van der Waals surface area contributed by atoms with Crippen LogP contribution in [0.25, 0.3) is 0 Å². The standard InChI is InChI=1S/C13H17N3O3/c1-16(13(17)11-3-2-8-19-11)10-6-4-9(5-7-10)12(14)15-18/h4-7,11,18H,2-3,8H2,1H3,(H2,14,15). The number of amidine groups is 1. The molecule has 1 heterocycles. The lowest BCUT2D eigenvalue weighted by molar-refractivity contribution is -0.127. The molecule has 3 N–H and O–H groups in total. The highest BCUT2D eigenvalue weighted by atomic mass is 16.5. The van der Waals surface area contributed by atoms with Gasteiger partial charge in [-0.3, -0.25) is 4.79 Å². The summed E-state index contributed by atoms with van der Waals surface area (Å²) in [5.74, 6) is -0.00583. The van der Waals surface area contributed by atoms with Crippen molar-refractivity contribution in [2.24, 2.45) is 10.9 Å². The zero-order valence-corrected chi connectivity index (χ0v) is 10.7. The van der Waals surface area contributed by atoms with Gasteiger partial charge in [-0.1, -0.05) is 5.16 Å². The zero-order valence-electron chi connectivity index (χ0n) is 10.7. The molecule has 0 spiro atoms. The molecule has 1 amide bonds. The van der Waals surface area contributed by atoms with Crippen LogP contribution in [0, 0.1) is 0 Å². The smallest absolute Gasteiger partial charge is 0.255 e. The fraction of sp³-hybridized carbons (Fsp3) is 0.385. The number of amides is 1. The van der Waals surface area contributed by atoms with E-state index in [4.69, 9.17) is 15.7 Å². The molecule has 0 saturated carbocycles. The van der Waals surface area contributed by atoms with Crippen LogP contribution in [0.4, 0.5) is 5.69 Å². The van der Waals surface area contributed by atoms with Gasteiger partial charge in [-0.05, 0) is 37.1 Å². The molecule has 19 heavy (non-hydrogen) atoms. The summed E-state index contributed by atoms with van der Waals surface area (Å²) in [6.07, 6.45) is 1.35. The van der Waals surface area contributed by atoms with Gasteiger partial charge in [0.05, 0.1) is 0 Å². The van der Waals surface area contributed by atoms with E-state index in [2.05, 4.69) is 5.16 Å². The highest BCUT2D eigenvalue weighted by Gasteiger charge is 2.27. The van der Waals surface area contributed by atoms with Crippen molar-refractivity contribution in [1.29, 1.82) is 0 Å². The molecule has 1 saturated heterocycles. The van der Waals surface area contributed by atoms with Crippen LogP contribution in [-0.2, 0) is 9.53 Å². The van der Waals surface area contributed by atoms with Gasteiger partial charge in [-0.15, -0.1) is 0 Å². The molecule has 6 heteroatoms. The van der Waals surface area contributed by atoms with Crippen LogP contribution < -0.4 is 10.6 Å². The van der Waals surface area contributed by atoms with E-state index in [1.807, 2.05) is 0 Å². The van der Waals surface area contributed by atoms with E-state index >= 15 is 0 Å². The summed E-state index contributed by atoms with van der Waals surface area (Å²) < 4.78 is 5.37. The monoisotopic (exact) mass is 263 g/mol. The van der Waals surface area contributed by atoms with Crippen molar-refractivity contribution in [3.05, 3.63) is 29.8 Å². The van der Waals surface area contributed by atoms with Crippen molar-refractivity contribution in [3.63, 3.8) is 0 Å². The molecule has 102 valence electrons. The maximum Gasteiger partial charge on any atom is 0.255 e. The summed E-state index contributed by atoms with van der Waals surface area (Å²) in [5.41, 5.74) is 6.83. The van der Waals surface area contributed by atoms with Crippen molar-refractivity contribution in [3.8, 4) is 0 Å². The molecule has 1 aromatic rings. The van der Waals surface area contributed by atoms with Gasteiger partial charge in [0.1, 0.15) is 6.10 Å². The summed E-state index contributed by atoms with van der Waals surface area (Å²) in [6.45, 7) is 0.646. The van der Waals surface area contributed by atoms with Gasteiger partial charge in [0.2, 0.25) is 0 Å². The Balaban J connectivity index is 2.10. The third kappa shape index (κ3) is 2.85. The van der Waals surface area contributed by atoms with Gasteiger partial charge in [-0.25, -0.2) is 0 Å². The minimum Gasteiger partial charge on any atom is -0.409 e. The van der Waals surface area contributed by atoms with E-state index in [1.54, 1.807) is 36.2 Å². The van der Waals surface area contributed by atoms with Crippen molar-refractivity contribution in [2.75, 3.05) is 18.6 Å². The Kier molecular flexibility index (Phi) is 4.01. The van der Waals surface area contributed by atoms with Gasteiger partial charge in [0.15, 0.2) is 5.84 Å². The topological polar surface area (TPSA) is 88.2 Å². The maximum absolute atomic E-state index is 12.1. The van der Waals surface area contributed by atoms with Crippen molar-refractivity contribution in [2.45, 2.75) is 18.9 Å². The molecule has 6 nitrogen and oxygen atoms in total. The van der Waals surface area contributed by atoms with Crippen molar-refractivity contribution < 1.29 is 14.7 Å². The zero-order chi connectivity index (χ0) is 13.8. The lowest BCUT2D eigenvalue weighted by Crippen LogP contribution is -2.36. The molecule has 1 unspecified atom stereocenters. The molecule has 1 atom stereocenters. The van der Waals surface area contributed by atoms with Gasteiger partial charge >= 0.3 is 0 Å². The quantitative estimate of drug-likeness (QED) is 0.367. The number of hydrogen-bond donors (Lipinski definition) is 2. The molecule has 0 aromatic heterocycles. The number of likely N-dealkylation sites (N-methyl/N-ethyl adjacent to an activating group) is 1. The van der Waals surface area contributed by atoms with Crippen LogP contribution >= 0.6 is 0 Å². The predicted molar refractivity (Wildman–Crippen MR) is 71.3 cm³/mol. The molecule has 0 radical (unpaired) electrons. The Morgan fingerprint density at radius 3 is 2.68 bits per heavy atom. The average molecular weight is 263 g/mol. The first kappa shape index (κ1) is 13.4. The fourth-order valence-electron chi connectivity index (χ4n) is 2.03. The van der Waals surface area contributed by atoms with Gasteiger partial charge in [0, 0.05) is 24.9 Å². The Morgan fingerprint density at radius 2 is 2.16 bits per heavy atom. The second-order valence-electron chi connectivity index (χ2n) is 4.43. The third-order valence-corrected chi connectivity index (χ3v) is 3.19. The largest absolute Gasteiger partial charge is 0.409 e. The number of benzene rings is 1. The summed E-state index contributed by atoms with van der Waals surface area (Å²) in [5, 5.41) is 11.5. The fourth-order valence-corrected chi connectivity index (χ4v) is 2.03. The highest BCUT2D eigenvalue weighted by molar-refractivity contribution is 5.99. The molecular weight excluding hydrogens is 246 g/mol. The third-order valence-electron chi connectivity index (χ3n) is 3.19. The Hall–Kier alpha value is -2.08. The first-order chi connectivity index (χ1) is 9.13. The number of nitrogens with two attached hydrogens (primary N) is 1. The number of ether oxygens (including phenoxy) is 1. The molecule has 1 aromatic carbocycles. The molecular formula is C13H17N3O3. The van der Waals surface area contributed by atoms with E-state index in [1.165, 1.54) is 0 Å². The van der Waals surface area contributed by atoms with Gasteiger partial charge < -0.3 is 20.6 Å². The number of carbonyl (C=O) groups excluding carboxylic acids is 1. The van der Waals surface area contributed by atoms with E-state index in [0.29, 0.717) is 12.2 Å². The Morgan fingerprint density at radius 1 is 1.47 bits per heavy atom. The molecule has 2 rings (SSSR count). The summed E-state index contributed by atoms with van der Waals surface area (Å²) in [6, 6.07) is 6.90. The van der Waals surface area contributed by atoms with E-state index in [9.17, 15) is 4.79 Å². The van der Waals surface area contributed by atoms with Crippen molar-refractivity contribution >= 4 is 17.4 Å². The lowest BCUT2D eigenvalue weighted by atomic mass is 10.1. The normalized spacial score (nSPS) is 19.4. The highest BCUT2D eigenvalue weighted by Crippen LogP contribution is 2.19. The number of anilines is 1. The van der Waals surface area contributed by atoms with Crippen LogP contribution in [0.5, 0.6) is 0 Å². The first-order valence-electron chi connectivity index (χ1n) is 6.10. The molecule has 1 aliphatic heterocycles. The van der Waals surface area contributed by atoms with E-state index < -0.39 is 0 Å². The minimum atomic E-state index is -0.339. The predicted octanol–water partition coefficient (Wildman–Crippen LogP) is 0.923. The van der Waals surface area contributed by atoms with Crippen LogP contribution in [0.2, 0.25) is 0 Å². The molecule has 0 bridgehead atoms. The van der Waals surface area contributed by atoms with E-state index in [-0.39, 0.29) is 17.8 Å². The summed E-state index contributed by atoms with van der Waals surface area (Å²) in [7, 11) is 1.71. The molecule has 0 aliphatic carbocycles. The second kappa shape index (κ2) is 5.71. The molecule has 1 fully saturated rings. The lowest BCUT2D eigenvalue weighted by Gasteiger charge is -2.20. The van der Waals surface area contributed by atoms with Crippen LogP contribution in [-0.4, -0.2) is 36.7 Å². The van der Waals surface area contributed by atoms with Crippen LogP contribution in [0.15, 0.2) is 29.4 Å². The van der Waals surface area contributed by atoms with Crippen LogP contribution in [0.3, 0.4) is 0 Å². The Bertz CT molecular complexity index is 478. The van der Waals surface area contributed by atoms with Crippen LogP contribution in [0.1, 0.15) is 18.4 Å². The minimum absolute atomic E-state index is 0.0413. The number of nitrogens with zero attached hydrogens (tertiary/aromatic N) is 2. The summed E-state index contributed by atoms with van der Waals surface area (Å²) >= 11 is 0. The van der Waals surface area contributed by atoms with Gasteiger partial charge in [0.25, 0.3) is 5.91 Å². The molecule has 1 aliphatic rings. The number of hydrogen-bond acceptors (Lipinski definition) is 4. The number of rotatable bonds is 3.